The zero-order chi connectivity index (χ0) is 15.4. The molecule has 0 spiro atoms. The van der Waals surface area contributed by atoms with Gasteiger partial charge in [0.15, 0.2) is 0 Å². The molecule has 0 radical (unpaired) electrons. The van der Waals surface area contributed by atoms with Crippen molar-refractivity contribution in [3.05, 3.63) is 29.3 Å². The van der Waals surface area contributed by atoms with E-state index in [0.29, 0.717) is 24.3 Å². The molecular formula is C15H20N2O4. The average Bonchev–Trinajstić information content (AvgIpc) is 2.49. The van der Waals surface area contributed by atoms with Gasteiger partial charge in [-0.05, 0) is 49.4 Å². The van der Waals surface area contributed by atoms with Gasteiger partial charge in [0.1, 0.15) is 0 Å². The Hall–Kier alpha value is -2.08. The van der Waals surface area contributed by atoms with E-state index in [9.17, 15) is 14.7 Å². The zero-order valence-corrected chi connectivity index (χ0v) is 12.0. The molecule has 1 heterocycles. The van der Waals surface area contributed by atoms with E-state index < -0.39 is 5.97 Å². The Labute approximate surface area is 123 Å². The number of carboxylic acids is 1. The quantitative estimate of drug-likeness (QED) is 0.794. The molecule has 3 N–H and O–H groups in total. The van der Waals surface area contributed by atoms with Gasteiger partial charge in [0.25, 0.3) is 0 Å². The van der Waals surface area contributed by atoms with Crippen LogP contribution in [0.5, 0.6) is 0 Å². The number of carboxylic acid groups (broad SMARTS) is 1. The van der Waals surface area contributed by atoms with E-state index >= 15 is 0 Å². The maximum Gasteiger partial charge on any atom is 0.335 e. The average molecular weight is 292 g/mol. The molecular weight excluding hydrogens is 272 g/mol. The van der Waals surface area contributed by atoms with Crippen LogP contribution in [0, 0.1) is 12.8 Å². The van der Waals surface area contributed by atoms with Gasteiger partial charge in [-0.2, -0.15) is 0 Å². The number of benzene rings is 1. The highest BCUT2D eigenvalue weighted by molar-refractivity contribution is 5.92. The number of aryl methyl sites for hydroxylation is 1. The third-order valence-corrected chi connectivity index (χ3v) is 3.78. The number of amides is 2. The summed E-state index contributed by atoms with van der Waals surface area (Å²) in [6.45, 7) is 3.08. The largest absolute Gasteiger partial charge is 0.478 e. The highest BCUT2D eigenvalue weighted by atomic mass is 16.4. The van der Waals surface area contributed by atoms with Crippen LogP contribution in [0.1, 0.15) is 28.8 Å². The molecule has 0 bridgehead atoms. The van der Waals surface area contributed by atoms with Crippen LogP contribution in [-0.4, -0.2) is 46.8 Å². The molecule has 0 saturated carbocycles. The molecule has 6 nitrogen and oxygen atoms in total. The topological polar surface area (TPSA) is 89.9 Å². The number of carbonyl (C=O) groups excluding carboxylic acids is 1. The molecule has 1 fully saturated rings. The minimum atomic E-state index is -0.988. The Balaban J connectivity index is 2.04. The number of likely N-dealkylation sites (tertiary alicyclic amines) is 1. The van der Waals surface area contributed by atoms with E-state index in [0.717, 1.165) is 12.8 Å². The molecule has 6 heteroatoms. The van der Waals surface area contributed by atoms with Crippen LogP contribution in [0.15, 0.2) is 18.2 Å². The minimum absolute atomic E-state index is 0.0934. The molecule has 0 aromatic heterocycles. The molecule has 1 aromatic rings. The summed E-state index contributed by atoms with van der Waals surface area (Å²) < 4.78 is 0. The van der Waals surface area contributed by atoms with E-state index in [2.05, 4.69) is 5.32 Å². The highest BCUT2D eigenvalue weighted by Gasteiger charge is 2.23. The van der Waals surface area contributed by atoms with Crippen molar-refractivity contribution in [1.82, 2.24) is 4.90 Å². The fourth-order valence-electron chi connectivity index (χ4n) is 2.53. The summed E-state index contributed by atoms with van der Waals surface area (Å²) in [5.41, 5.74) is 1.51. The number of aliphatic hydroxyl groups excluding tert-OH is 1. The molecule has 2 rings (SSSR count). The lowest BCUT2D eigenvalue weighted by molar-refractivity contribution is 0.0696. The first-order valence-electron chi connectivity index (χ1n) is 7.02. The van der Waals surface area contributed by atoms with Gasteiger partial charge in [-0.3, -0.25) is 0 Å². The number of piperidine rings is 1. The van der Waals surface area contributed by atoms with Crippen molar-refractivity contribution >= 4 is 17.7 Å². The van der Waals surface area contributed by atoms with E-state index in [4.69, 9.17) is 5.11 Å². The van der Waals surface area contributed by atoms with Crippen molar-refractivity contribution < 1.29 is 19.8 Å². The normalized spacial score (nSPS) is 18.4. The van der Waals surface area contributed by atoms with Gasteiger partial charge in [0, 0.05) is 25.4 Å². The molecule has 114 valence electrons. The number of aliphatic hydroxyl groups is 1. The first kappa shape index (κ1) is 15.3. The van der Waals surface area contributed by atoms with Crippen LogP contribution in [0.2, 0.25) is 0 Å². The van der Waals surface area contributed by atoms with Crippen LogP contribution < -0.4 is 5.32 Å². The Morgan fingerprint density at radius 2 is 2.19 bits per heavy atom. The Morgan fingerprint density at radius 1 is 1.43 bits per heavy atom. The minimum Gasteiger partial charge on any atom is -0.478 e. The Kier molecular flexibility index (Phi) is 4.80. The number of anilines is 1. The standard InChI is InChI=1S/C15H20N2O4/c1-10-7-12(14(19)20)4-5-13(10)16-15(21)17-6-2-3-11(8-17)9-18/h4-5,7,11,18H,2-3,6,8-9H2,1H3,(H,16,21)(H,19,20). The summed E-state index contributed by atoms with van der Waals surface area (Å²) in [4.78, 5) is 24.8. The molecule has 0 aliphatic carbocycles. The fraction of sp³-hybridized carbons (Fsp3) is 0.467. The van der Waals surface area contributed by atoms with Crippen LogP contribution in [0.4, 0.5) is 10.5 Å². The lowest BCUT2D eigenvalue weighted by Crippen LogP contribution is -2.43. The van der Waals surface area contributed by atoms with E-state index in [1.54, 1.807) is 17.9 Å². The predicted octanol–water partition coefficient (Wildman–Crippen LogP) is 1.93. The van der Waals surface area contributed by atoms with Gasteiger partial charge in [-0.1, -0.05) is 0 Å². The maximum atomic E-state index is 12.2. The number of hydrogen-bond donors (Lipinski definition) is 3. The van der Waals surface area contributed by atoms with Crippen molar-refractivity contribution in [1.29, 1.82) is 0 Å². The van der Waals surface area contributed by atoms with Crippen molar-refractivity contribution in [3.8, 4) is 0 Å². The molecule has 1 unspecified atom stereocenters. The van der Waals surface area contributed by atoms with Crippen molar-refractivity contribution in [2.24, 2.45) is 5.92 Å². The first-order chi connectivity index (χ1) is 10.0. The first-order valence-corrected chi connectivity index (χ1v) is 7.02. The number of carbonyl (C=O) groups is 2. The summed E-state index contributed by atoms with van der Waals surface area (Å²) in [6, 6.07) is 4.39. The lowest BCUT2D eigenvalue weighted by atomic mass is 9.99. The van der Waals surface area contributed by atoms with Crippen LogP contribution >= 0.6 is 0 Å². The SMILES string of the molecule is Cc1cc(C(=O)O)ccc1NC(=O)N1CCCC(CO)C1. The summed E-state index contributed by atoms with van der Waals surface area (Å²) in [7, 11) is 0. The van der Waals surface area contributed by atoms with E-state index in [1.807, 2.05) is 0 Å². The molecule has 1 aromatic carbocycles. The Morgan fingerprint density at radius 3 is 2.81 bits per heavy atom. The molecule has 21 heavy (non-hydrogen) atoms. The second kappa shape index (κ2) is 6.58. The van der Waals surface area contributed by atoms with Gasteiger partial charge < -0.3 is 20.4 Å². The number of hydrogen-bond acceptors (Lipinski definition) is 3. The second-order valence-electron chi connectivity index (χ2n) is 5.40. The van der Waals surface area contributed by atoms with Crippen LogP contribution in [-0.2, 0) is 0 Å². The monoisotopic (exact) mass is 292 g/mol. The van der Waals surface area contributed by atoms with Gasteiger partial charge in [-0.25, -0.2) is 9.59 Å². The van der Waals surface area contributed by atoms with Gasteiger partial charge in [-0.15, -0.1) is 0 Å². The summed E-state index contributed by atoms with van der Waals surface area (Å²) in [5, 5.41) is 20.9. The number of urea groups is 1. The second-order valence-corrected chi connectivity index (χ2v) is 5.40. The number of nitrogens with one attached hydrogen (secondary N) is 1. The lowest BCUT2D eigenvalue weighted by Gasteiger charge is -2.32. The third kappa shape index (κ3) is 3.72. The highest BCUT2D eigenvalue weighted by Crippen LogP contribution is 2.20. The molecule has 1 aliphatic heterocycles. The van der Waals surface area contributed by atoms with E-state index in [-0.39, 0.29) is 24.1 Å². The summed E-state index contributed by atoms with van der Waals surface area (Å²) >= 11 is 0. The van der Waals surface area contributed by atoms with Crippen molar-refractivity contribution in [2.75, 3.05) is 25.0 Å². The third-order valence-electron chi connectivity index (χ3n) is 3.78. The molecule has 1 atom stereocenters. The van der Waals surface area contributed by atoms with Crippen LogP contribution in [0.25, 0.3) is 0 Å². The fourth-order valence-corrected chi connectivity index (χ4v) is 2.53. The predicted molar refractivity (Wildman–Crippen MR) is 78.5 cm³/mol. The van der Waals surface area contributed by atoms with Gasteiger partial charge in [0.2, 0.25) is 0 Å². The smallest absolute Gasteiger partial charge is 0.335 e. The number of aromatic carboxylic acids is 1. The summed E-state index contributed by atoms with van der Waals surface area (Å²) in [6.07, 6.45) is 1.82. The van der Waals surface area contributed by atoms with Crippen molar-refractivity contribution in [3.63, 3.8) is 0 Å². The number of nitrogens with zero attached hydrogens (tertiary/aromatic N) is 1. The maximum absolute atomic E-state index is 12.2. The summed E-state index contributed by atoms with van der Waals surface area (Å²) in [5.74, 6) is -0.849. The van der Waals surface area contributed by atoms with Crippen molar-refractivity contribution in [2.45, 2.75) is 19.8 Å². The molecule has 2 amide bonds. The van der Waals surface area contributed by atoms with Gasteiger partial charge in [0.05, 0.1) is 5.56 Å². The molecule has 1 aliphatic rings. The van der Waals surface area contributed by atoms with Gasteiger partial charge >= 0.3 is 12.0 Å². The van der Waals surface area contributed by atoms with Crippen LogP contribution in [0.3, 0.4) is 0 Å². The molecule has 1 saturated heterocycles. The zero-order valence-electron chi connectivity index (χ0n) is 12.0. The number of rotatable bonds is 3. The van der Waals surface area contributed by atoms with E-state index in [1.165, 1.54) is 12.1 Å². The Bertz CT molecular complexity index is 544.